The number of alkyl halides is 3. The highest BCUT2D eigenvalue weighted by molar-refractivity contribution is 6.05. The Balaban J connectivity index is 1.76. The Morgan fingerprint density at radius 2 is 1.64 bits per heavy atom. The van der Waals surface area contributed by atoms with Gasteiger partial charge >= 0.3 is 18.1 Å². The number of aryl methyl sites for hydroxylation is 1. The lowest BCUT2D eigenvalue weighted by molar-refractivity contribution is -0.169. The van der Waals surface area contributed by atoms with Crippen molar-refractivity contribution in [2.24, 2.45) is 0 Å². The molecule has 0 fully saturated rings. The van der Waals surface area contributed by atoms with Crippen LogP contribution in [0.2, 0.25) is 0 Å². The van der Waals surface area contributed by atoms with Crippen LogP contribution >= 0.6 is 0 Å². The molecule has 1 aliphatic rings. The molecule has 0 aliphatic carbocycles. The normalized spacial score (nSPS) is 13.0. The van der Waals surface area contributed by atoms with Gasteiger partial charge < -0.3 is 15.5 Å². The first-order chi connectivity index (χ1) is 22.3. The molecule has 47 heavy (non-hydrogen) atoms. The average molecular weight is 658 g/mol. The van der Waals surface area contributed by atoms with E-state index in [9.17, 15) is 27.2 Å². The van der Waals surface area contributed by atoms with E-state index in [0.717, 1.165) is 47.4 Å². The van der Waals surface area contributed by atoms with Crippen molar-refractivity contribution in [2.45, 2.75) is 26.1 Å². The molecule has 15 heteroatoms. The molecule has 9 nitrogen and oxygen atoms in total. The van der Waals surface area contributed by atoms with Crippen molar-refractivity contribution in [1.29, 1.82) is 0 Å². The van der Waals surface area contributed by atoms with Gasteiger partial charge in [0.2, 0.25) is 5.95 Å². The van der Waals surface area contributed by atoms with Gasteiger partial charge in [-0.3, -0.25) is 9.69 Å². The molecule has 0 bridgehead atoms. The molecule has 3 amide bonds. The number of likely N-dealkylation sites (N-methyl/N-ethyl adjacent to an activating group) is 1. The van der Waals surface area contributed by atoms with Crippen LogP contribution in [-0.2, 0) is 17.8 Å². The fourth-order valence-corrected chi connectivity index (χ4v) is 5.10. The number of amides is 3. The van der Waals surface area contributed by atoms with Crippen LogP contribution in [-0.4, -0.2) is 60.2 Å². The van der Waals surface area contributed by atoms with E-state index in [-0.39, 0.29) is 46.5 Å². The molecule has 0 unspecified atom stereocenters. The topological polar surface area (TPSA) is 93.7 Å². The zero-order chi connectivity index (χ0) is 34.0. The lowest BCUT2D eigenvalue weighted by atomic mass is 9.96. The van der Waals surface area contributed by atoms with Crippen LogP contribution in [0, 0.1) is 17.5 Å². The number of halogens is 6. The minimum Gasteiger partial charge on any atom is -0.353 e. The Morgan fingerprint density at radius 1 is 0.979 bits per heavy atom. The first-order valence-corrected chi connectivity index (χ1v) is 14.4. The molecular formula is C32H29F6N7O2. The summed E-state index contributed by atoms with van der Waals surface area (Å²) in [5, 5.41) is 5.61. The van der Waals surface area contributed by atoms with Crippen LogP contribution in [0.1, 0.15) is 18.1 Å². The predicted molar refractivity (Wildman–Crippen MR) is 164 cm³/mol. The Kier molecular flexibility index (Phi) is 9.38. The largest absolute Gasteiger partial charge is 0.472 e. The summed E-state index contributed by atoms with van der Waals surface area (Å²) in [4.78, 5) is 38.1. The summed E-state index contributed by atoms with van der Waals surface area (Å²) in [5.41, 5.74) is 0.0802. The van der Waals surface area contributed by atoms with Crippen LogP contribution in [0.5, 0.6) is 0 Å². The molecule has 0 saturated carbocycles. The highest BCUT2D eigenvalue weighted by Crippen LogP contribution is 2.41. The molecule has 246 valence electrons. The van der Waals surface area contributed by atoms with E-state index in [1.165, 1.54) is 18.2 Å². The van der Waals surface area contributed by atoms with Gasteiger partial charge in [0.15, 0.2) is 5.82 Å². The zero-order valence-electron chi connectivity index (χ0n) is 25.4. The average Bonchev–Trinajstić information content (AvgIpc) is 3.02. The number of carbonyl (C=O) groups is 2. The second kappa shape index (κ2) is 13.3. The Morgan fingerprint density at radius 3 is 2.26 bits per heavy atom. The number of hydrogen-bond acceptors (Lipinski definition) is 6. The molecule has 0 spiro atoms. The van der Waals surface area contributed by atoms with E-state index in [2.05, 4.69) is 20.6 Å². The van der Waals surface area contributed by atoms with Crippen LogP contribution < -0.4 is 20.4 Å². The van der Waals surface area contributed by atoms with Crippen molar-refractivity contribution in [3.8, 4) is 11.3 Å². The summed E-state index contributed by atoms with van der Waals surface area (Å²) in [6.45, 7) is 2.46. The van der Waals surface area contributed by atoms with Gasteiger partial charge in [0.05, 0.1) is 12.2 Å². The molecule has 4 aromatic rings. The fourth-order valence-electron chi connectivity index (χ4n) is 5.10. The molecule has 1 aliphatic heterocycles. The monoisotopic (exact) mass is 657 g/mol. The van der Waals surface area contributed by atoms with Crippen molar-refractivity contribution in [3.05, 3.63) is 89.2 Å². The number of hydrogen-bond donors (Lipinski definition) is 2. The lowest BCUT2D eigenvalue weighted by Gasteiger charge is -2.31. The third-order valence-electron chi connectivity index (χ3n) is 7.34. The molecule has 5 rings (SSSR count). The number of fused-ring (bicyclic) bond motifs is 1. The van der Waals surface area contributed by atoms with E-state index in [4.69, 9.17) is 0 Å². The molecule has 0 saturated heterocycles. The maximum absolute atomic E-state index is 15.1. The SMILES string of the molecule is CCc1ccc(N(C(=O)C(F)(F)F)c2ccc(F)cc2)cc1-c1nc(NCCN(C)C)nc2c1CNC(=O)N2c1c(F)cccc1F. The highest BCUT2D eigenvalue weighted by Gasteiger charge is 2.44. The van der Waals surface area contributed by atoms with E-state index in [0.29, 0.717) is 30.0 Å². The zero-order valence-corrected chi connectivity index (χ0v) is 25.4. The van der Waals surface area contributed by atoms with Crippen LogP contribution in [0.15, 0.2) is 60.7 Å². The van der Waals surface area contributed by atoms with Gasteiger partial charge in [-0.1, -0.05) is 19.1 Å². The second-order valence-corrected chi connectivity index (χ2v) is 10.8. The van der Waals surface area contributed by atoms with Gasteiger partial charge in [-0.2, -0.15) is 18.2 Å². The first kappa shape index (κ1) is 33.2. The molecule has 0 atom stereocenters. The number of nitrogens with zero attached hydrogens (tertiary/aromatic N) is 5. The molecule has 2 heterocycles. The smallest absolute Gasteiger partial charge is 0.353 e. The Bertz CT molecular complexity index is 1800. The second-order valence-electron chi connectivity index (χ2n) is 10.8. The number of carbonyl (C=O) groups excluding carboxylic acids is 2. The van der Waals surface area contributed by atoms with Crippen molar-refractivity contribution in [3.63, 3.8) is 0 Å². The van der Waals surface area contributed by atoms with Crippen molar-refractivity contribution in [1.82, 2.24) is 20.2 Å². The minimum atomic E-state index is -5.29. The summed E-state index contributed by atoms with van der Waals surface area (Å²) < 4.78 is 85.4. The number of benzene rings is 3. The molecule has 1 aromatic heterocycles. The van der Waals surface area contributed by atoms with Crippen molar-refractivity contribution >= 4 is 40.8 Å². The fraction of sp³-hybridized carbons (Fsp3) is 0.250. The summed E-state index contributed by atoms with van der Waals surface area (Å²) in [6, 6.07) is 10.4. The molecule has 2 N–H and O–H groups in total. The third kappa shape index (κ3) is 6.84. The number of urea groups is 1. The van der Waals surface area contributed by atoms with E-state index < -0.39 is 41.3 Å². The summed E-state index contributed by atoms with van der Waals surface area (Å²) in [7, 11) is 3.67. The Hall–Kier alpha value is -5.18. The summed E-state index contributed by atoms with van der Waals surface area (Å²) >= 11 is 0. The highest BCUT2D eigenvalue weighted by atomic mass is 19.4. The van der Waals surface area contributed by atoms with Crippen molar-refractivity contribution in [2.75, 3.05) is 42.3 Å². The predicted octanol–water partition coefficient (Wildman–Crippen LogP) is 6.69. The number of aromatic nitrogens is 2. The lowest BCUT2D eigenvalue weighted by Crippen LogP contribution is -2.43. The maximum Gasteiger partial charge on any atom is 0.472 e. The van der Waals surface area contributed by atoms with Gasteiger partial charge in [0.1, 0.15) is 23.1 Å². The number of rotatable bonds is 9. The van der Waals surface area contributed by atoms with E-state index >= 15 is 8.78 Å². The summed E-state index contributed by atoms with van der Waals surface area (Å²) in [6.07, 6.45) is -4.93. The van der Waals surface area contributed by atoms with Gasteiger partial charge in [0, 0.05) is 35.6 Å². The standard InChI is InChI=1S/C32H29F6N7O2/c1-4-18-8-11-21(44(29(46)32(36,37)38)20-12-9-19(33)10-13-20)16-22(18)26-23-17-40-31(47)45(27-24(34)6-5-7-25(27)35)28(23)42-30(41-26)39-14-15-43(2)3/h5-13,16H,4,14-15,17H2,1-3H3,(H,40,47)(H,39,41,42). The molecule has 0 radical (unpaired) electrons. The van der Waals surface area contributed by atoms with Gasteiger partial charge in [-0.25, -0.2) is 27.8 Å². The van der Waals surface area contributed by atoms with Crippen LogP contribution in [0.25, 0.3) is 11.3 Å². The van der Waals surface area contributed by atoms with Gasteiger partial charge in [-0.05, 0) is 74.6 Å². The first-order valence-electron chi connectivity index (χ1n) is 14.4. The molecule has 3 aromatic carbocycles. The maximum atomic E-state index is 15.1. The van der Waals surface area contributed by atoms with Gasteiger partial charge in [-0.15, -0.1) is 0 Å². The quantitative estimate of drug-likeness (QED) is 0.195. The third-order valence-corrected chi connectivity index (χ3v) is 7.34. The minimum absolute atomic E-state index is 0.0220. The number of nitrogens with one attached hydrogen (secondary N) is 2. The van der Waals surface area contributed by atoms with Gasteiger partial charge in [0.25, 0.3) is 0 Å². The van der Waals surface area contributed by atoms with Crippen molar-refractivity contribution < 1.29 is 35.9 Å². The van der Waals surface area contributed by atoms with E-state index in [1.807, 2.05) is 19.0 Å². The molecular weight excluding hydrogens is 628 g/mol. The van der Waals surface area contributed by atoms with Crippen LogP contribution in [0.3, 0.4) is 0 Å². The summed E-state index contributed by atoms with van der Waals surface area (Å²) in [5.74, 6) is -5.17. The van der Waals surface area contributed by atoms with E-state index in [1.54, 1.807) is 6.92 Å². The number of para-hydroxylation sites is 1. The van der Waals surface area contributed by atoms with Crippen LogP contribution in [0.4, 0.5) is 60.0 Å². The number of anilines is 5. The Labute approximate surface area is 265 Å².